The Morgan fingerprint density at radius 1 is 0.270 bits per heavy atom. The molecule has 7 radical (unpaired) electrons. The summed E-state index contributed by atoms with van der Waals surface area (Å²) < 4.78 is 0. The summed E-state index contributed by atoms with van der Waals surface area (Å²) in [6.45, 7) is 18.3. The summed E-state index contributed by atoms with van der Waals surface area (Å²) >= 11 is 0. The molecule has 0 saturated heterocycles. The third kappa shape index (κ3) is 57.7. The minimum atomic E-state index is 0. The summed E-state index contributed by atoms with van der Waals surface area (Å²) in [6, 6.07) is 0. The van der Waals surface area contributed by atoms with Gasteiger partial charge in [0.1, 0.15) is 0 Å². The van der Waals surface area contributed by atoms with E-state index in [1.54, 1.807) is 0 Å². The summed E-state index contributed by atoms with van der Waals surface area (Å²) in [5.74, 6) is 0. The quantitative estimate of drug-likeness (QED) is 0.0627. The van der Waals surface area contributed by atoms with Crippen LogP contribution in [0.1, 0.15) is 215 Å². The average Bonchev–Trinajstić information content (AvgIpc) is 2.90. The fourth-order valence-electron chi connectivity index (χ4n) is 4.46. The van der Waals surface area contributed by atoms with Gasteiger partial charge in [-0.05, 0) is 0 Å². The van der Waals surface area contributed by atoms with Crippen LogP contribution in [0.25, 0.3) is 0 Å². The molecule has 0 unspecified atom stereocenters. The van der Waals surface area contributed by atoms with Crippen molar-refractivity contribution >= 4 is 23.9 Å². The third-order valence-corrected chi connectivity index (χ3v) is 7.06. The second-order valence-corrected chi connectivity index (χ2v) is 11.0. The molecule has 0 rings (SSSR count). The van der Waals surface area contributed by atoms with E-state index in [0.29, 0.717) is 0 Å². The zero-order chi connectivity index (χ0) is 27.2. The fraction of sp³-hybridized carbons (Fsp3) is 0.917. The Kier molecular flexibility index (Phi) is 60.2. The van der Waals surface area contributed by atoms with E-state index in [4.69, 9.17) is 0 Å². The van der Waals surface area contributed by atoms with Gasteiger partial charge in [0, 0.05) is 25.3 Å². The van der Waals surface area contributed by atoms with Crippen LogP contribution in [0.4, 0.5) is 0 Å². The molecule has 0 bridgehead atoms. The van der Waals surface area contributed by atoms with Crippen molar-refractivity contribution < 1.29 is 1.43 Å². The summed E-state index contributed by atoms with van der Waals surface area (Å²) in [4.78, 5) is 0. The molecule has 0 saturated carbocycles. The molecule has 0 atom stereocenters. The number of rotatable bonds is 27. The summed E-state index contributed by atoms with van der Waals surface area (Å²) in [5, 5.41) is 0. The summed E-state index contributed by atoms with van der Waals surface area (Å²) in [5.41, 5.74) is 0. The van der Waals surface area contributed by atoms with Crippen LogP contribution < -0.4 is 0 Å². The maximum atomic E-state index is 3.84. The first-order valence-corrected chi connectivity index (χ1v) is 17.1. The van der Waals surface area contributed by atoms with Crippen molar-refractivity contribution in [3.63, 3.8) is 0 Å². The van der Waals surface area contributed by atoms with E-state index in [1.807, 2.05) is 0 Å². The molecule has 0 aromatic carbocycles. The Morgan fingerprint density at radius 3 is 0.541 bits per heavy atom. The summed E-state index contributed by atoms with van der Waals surface area (Å²) in [7, 11) is 0. The number of hydrogen-bond acceptors (Lipinski definition) is 0. The van der Waals surface area contributed by atoms with Crippen molar-refractivity contribution in [2.75, 3.05) is 0 Å². The van der Waals surface area contributed by atoms with Crippen LogP contribution in [0.5, 0.6) is 0 Å². The Morgan fingerprint density at radius 2 is 0.405 bits per heavy atom. The second kappa shape index (κ2) is 49.7. The van der Waals surface area contributed by atoms with Crippen molar-refractivity contribution in [1.29, 1.82) is 0 Å². The molecule has 37 heavy (non-hydrogen) atoms. The van der Waals surface area contributed by atoms with Crippen LogP contribution in [-0.4, -0.2) is 23.9 Å². The van der Waals surface area contributed by atoms with Gasteiger partial charge in [-0.2, -0.15) is 0 Å². The van der Waals surface area contributed by atoms with Crippen LogP contribution in [0, 0.1) is 20.8 Å². The zero-order valence-electron chi connectivity index (χ0n) is 26.8. The predicted octanol–water partition coefficient (Wildman–Crippen LogP) is 14.1. The molecule has 0 heterocycles. The Labute approximate surface area is 258 Å². The van der Waals surface area contributed by atoms with Crippen LogP contribution in [-0.2, 0) is 0 Å². The van der Waals surface area contributed by atoms with Gasteiger partial charge in [0.15, 0.2) is 0 Å². The first-order valence-electron chi connectivity index (χ1n) is 17.1. The molecule has 1 heteroatoms. The molecule has 225 valence electrons. The molecule has 0 aliphatic carbocycles. The molecule has 0 aromatic heterocycles. The van der Waals surface area contributed by atoms with Crippen LogP contribution in [0.2, 0.25) is 0 Å². The second-order valence-electron chi connectivity index (χ2n) is 11.0. The van der Waals surface area contributed by atoms with Gasteiger partial charge < -0.3 is 0 Å². The van der Waals surface area contributed by atoms with E-state index in [1.165, 1.54) is 173 Å². The van der Waals surface area contributed by atoms with Crippen LogP contribution in [0.15, 0.2) is 0 Å². The first-order chi connectivity index (χ1) is 17.7. The van der Waals surface area contributed by atoms with Crippen molar-refractivity contribution in [1.82, 2.24) is 0 Å². The maximum Gasteiger partial charge on any atom is 0 e. The topological polar surface area (TPSA) is 0 Å². The van der Waals surface area contributed by atoms with Crippen molar-refractivity contribution in [2.45, 2.75) is 213 Å². The average molecular weight is 629 g/mol. The SMILES string of the molecule is [CH2]CCCCCCCCCCC.[CH2]CCCCCCCCCCC.[CH2]CCCCCCCCCCC.[HH].[Sn]. The minimum absolute atomic E-state index is 0. The van der Waals surface area contributed by atoms with Gasteiger partial charge in [0.2, 0.25) is 0 Å². The number of unbranched alkanes of at least 4 members (excludes halogenated alkanes) is 27. The van der Waals surface area contributed by atoms with E-state index in [2.05, 4.69) is 41.5 Å². The molecule has 0 aliphatic heterocycles. The van der Waals surface area contributed by atoms with Crippen molar-refractivity contribution in [2.24, 2.45) is 0 Å². The monoisotopic (exact) mass is 630 g/mol. The van der Waals surface area contributed by atoms with E-state index < -0.39 is 0 Å². The van der Waals surface area contributed by atoms with Gasteiger partial charge in [-0.3, -0.25) is 0 Å². The maximum absolute atomic E-state index is 3.84. The standard InChI is InChI=1S/3C12H25.Sn.H2/c3*1-3-5-7-9-11-12-10-8-6-4-2;;/h3*1,3-12H2,2H3;;1H. The van der Waals surface area contributed by atoms with Crippen molar-refractivity contribution in [3.05, 3.63) is 20.8 Å². The Balaban J connectivity index is -0.000000140. The molecule has 0 nitrogen and oxygen atoms in total. The van der Waals surface area contributed by atoms with E-state index in [0.717, 1.165) is 19.3 Å². The van der Waals surface area contributed by atoms with E-state index in [9.17, 15) is 0 Å². The zero-order valence-corrected chi connectivity index (χ0v) is 29.7. The normalized spacial score (nSPS) is 10.2. The molecule has 0 aromatic rings. The Bertz CT molecular complexity index is 230. The third-order valence-electron chi connectivity index (χ3n) is 7.06. The smallest absolute Gasteiger partial charge is 0 e. The van der Waals surface area contributed by atoms with E-state index >= 15 is 0 Å². The molecular formula is C36H77Sn. The first kappa shape index (κ1) is 44.8. The van der Waals surface area contributed by atoms with Crippen LogP contribution in [0.3, 0.4) is 0 Å². The molecular weight excluding hydrogens is 551 g/mol. The van der Waals surface area contributed by atoms with Gasteiger partial charge in [0.05, 0.1) is 0 Å². The van der Waals surface area contributed by atoms with Gasteiger partial charge in [-0.15, -0.1) is 0 Å². The molecule has 0 N–H and O–H groups in total. The van der Waals surface area contributed by atoms with E-state index in [-0.39, 0.29) is 25.3 Å². The van der Waals surface area contributed by atoms with Gasteiger partial charge in [-0.1, -0.05) is 234 Å². The molecule has 0 spiro atoms. The molecule has 0 aliphatic rings. The molecule has 0 fully saturated rings. The number of hydrogen-bond donors (Lipinski definition) is 0. The van der Waals surface area contributed by atoms with Crippen LogP contribution >= 0.6 is 0 Å². The van der Waals surface area contributed by atoms with Crippen molar-refractivity contribution in [3.8, 4) is 0 Å². The Hall–Kier alpha value is 0.799. The molecule has 0 amide bonds. The fourth-order valence-corrected chi connectivity index (χ4v) is 4.46. The summed E-state index contributed by atoms with van der Waals surface area (Å²) in [6.07, 6.45) is 41.7. The van der Waals surface area contributed by atoms with Gasteiger partial charge in [-0.25, -0.2) is 0 Å². The predicted molar refractivity (Wildman–Crippen MR) is 179 cm³/mol. The van der Waals surface area contributed by atoms with Gasteiger partial charge in [0.25, 0.3) is 0 Å². The van der Waals surface area contributed by atoms with Gasteiger partial charge >= 0.3 is 0 Å². The largest absolute Gasteiger partial charge is 0.0654 e. The minimum Gasteiger partial charge on any atom is -0.0654 e.